The molecule has 0 aliphatic rings. The average Bonchev–Trinajstić information content (AvgIpc) is 2.28. The van der Waals surface area contributed by atoms with E-state index in [2.05, 4.69) is 13.6 Å². The highest BCUT2D eigenvalue weighted by molar-refractivity contribution is 7.48. The number of phosphoric ester groups is 1. The lowest BCUT2D eigenvalue weighted by molar-refractivity contribution is -0.0672. The fraction of sp³-hybridized carbons (Fsp3) is 1.00. The molecule has 0 amide bonds. The highest BCUT2D eigenvalue weighted by Crippen LogP contribution is 2.54. The smallest absolute Gasteiger partial charge is 0.251 e. The molecular formula is C9H15F6O4P. The molecule has 0 bridgehead atoms. The summed E-state index contributed by atoms with van der Waals surface area (Å²) in [7, 11) is -5.10. The molecule has 3 atom stereocenters. The lowest BCUT2D eigenvalue weighted by Gasteiger charge is -2.22. The Hall–Kier alpha value is -0.310. The van der Waals surface area contributed by atoms with Crippen molar-refractivity contribution in [2.24, 2.45) is 0 Å². The third kappa shape index (κ3) is 8.78. The van der Waals surface area contributed by atoms with Gasteiger partial charge in [-0.25, -0.2) is 17.7 Å². The van der Waals surface area contributed by atoms with Gasteiger partial charge < -0.3 is 0 Å². The zero-order chi connectivity index (χ0) is 15.6. The molecule has 0 rings (SSSR count). The van der Waals surface area contributed by atoms with Crippen molar-refractivity contribution in [3.63, 3.8) is 0 Å². The second kappa shape index (κ2) is 10.4. The van der Waals surface area contributed by atoms with Crippen LogP contribution in [0.1, 0.15) is 19.3 Å². The van der Waals surface area contributed by atoms with Crippen molar-refractivity contribution in [3.05, 3.63) is 0 Å². The third-order valence-corrected chi connectivity index (χ3v) is 3.20. The van der Waals surface area contributed by atoms with Crippen molar-refractivity contribution < 1.29 is 44.5 Å². The van der Waals surface area contributed by atoms with Crippen molar-refractivity contribution in [1.29, 1.82) is 0 Å². The summed E-state index contributed by atoms with van der Waals surface area (Å²) in [4.78, 5) is 0. The maximum atomic E-state index is 13.0. The minimum atomic E-state index is -5.10. The lowest BCUT2D eigenvalue weighted by atomic mass is 10.5. The van der Waals surface area contributed by atoms with Crippen molar-refractivity contribution in [2.45, 2.75) is 38.3 Å². The van der Waals surface area contributed by atoms with Crippen LogP contribution in [-0.4, -0.2) is 39.1 Å². The van der Waals surface area contributed by atoms with Gasteiger partial charge in [-0.2, -0.15) is 0 Å². The highest BCUT2D eigenvalue weighted by Gasteiger charge is 2.37. The quantitative estimate of drug-likeness (QED) is 0.398. The molecule has 3 unspecified atom stereocenters. The number of phosphoric acid groups is 1. The van der Waals surface area contributed by atoms with Crippen LogP contribution in [0.2, 0.25) is 0 Å². The summed E-state index contributed by atoms with van der Waals surface area (Å²) in [6.45, 7) is -3.60. The van der Waals surface area contributed by atoms with Gasteiger partial charge >= 0.3 is 7.82 Å². The van der Waals surface area contributed by atoms with Crippen LogP contribution in [0, 0.1) is 0 Å². The Labute approximate surface area is 112 Å². The molecule has 0 spiro atoms. The molecule has 4 nitrogen and oxygen atoms in total. The number of rotatable bonds is 12. The van der Waals surface area contributed by atoms with E-state index in [4.69, 9.17) is 0 Å². The Balaban J connectivity index is 4.69. The summed E-state index contributed by atoms with van der Waals surface area (Å²) in [5.41, 5.74) is 0. The molecule has 0 saturated carbocycles. The summed E-state index contributed by atoms with van der Waals surface area (Å²) in [6.07, 6.45) is -10.2. The standard InChI is InChI=1S/C9H15F6O4P/c10-4-1-7(13)17-20(16,18-8(14)2-5-11)19-9(15)3-6-12/h7-9H,1-6H2. The molecule has 0 N–H and O–H groups in total. The van der Waals surface area contributed by atoms with Crippen LogP contribution in [-0.2, 0) is 18.1 Å². The fourth-order valence-corrected chi connectivity index (χ4v) is 2.22. The van der Waals surface area contributed by atoms with Gasteiger partial charge in [-0.1, -0.05) is 0 Å². The molecule has 0 saturated heterocycles. The zero-order valence-corrected chi connectivity index (χ0v) is 11.2. The summed E-state index contributed by atoms with van der Waals surface area (Å²) in [5, 5.41) is 0. The molecule has 11 heteroatoms. The second-order valence-electron chi connectivity index (χ2n) is 3.43. The SMILES string of the molecule is O=P(OC(F)CCF)(OC(F)CCF)OC(F)CCF. The van der Waals surface area contributed by atoms with Gasteiger partial charge in [0.25, 0.3) is 0 Å². The van der Waals surface area contributed by atoms with Gasteiger partial charge in [-0.05, 0) is 0 Å². The number of hydrogen-bond acceptors (Lipinski definition) is 4. The molecule has 0 heterocycles. The van der Waals surface area contributed by atoms with Crippen molar-refractivity contribution in [2.75, 3.05) is 20.0 Å². The van der Waals surface area contributed by atoms with E-state index < -0.39 is 66.2 Å². The van der Waals surface area contributed by atoms with E-state index in [0.29, 0.717) is 0 Å². The predicted molar refractivity (Wildman–Crippen MR) is 57.3 cm³/mol. The number of halogens is 6. The monoisotopic (exact) mass is 332 g/mol. The van der Waals surface area contributed by atoms with Gasteiger partial charge in [0.1, 0.15) is 0 Å². The lowest BCUT2D eigenvalue weighted by Crippen LogP contribution is -2.17. The van der Waals surface area contributed by atoms with Crippen LogP contribution in [0.25, 0.3) is 0 Å². The Morgan fingerprint density at radius 3 is 1.15 bits per heavy atom. The Morgan fingerprint density at radius 2 is 0.950 bits per heavy atom. The maximum absolute atomic E-state index is 13.0. The Morgan fingerprint density at radius 1 is 0.700 bits per heavy atom. The van der Waals surface area contributed by atoms with E-state index >= 15 is 0 Å². The van der Waals surface area contributed by atoms with E-state index in [9.17, 15) is 30.9 Å². The van der Waals surface area contributed by atoms with Crippen LogP contribution < -0.4 is 0 Å². The Kier molecular flexibility index (Phi) is 10.3. The maximum Gasteiger partial charge on any atom is 0.482 e. The Bertz CT molecular complexity index is 255. The van der Waals surface area contributed by atoms with Crippen molar-refractivity contribution in [3.8, 4) is 0 Å². The van der Waals surface area contributed by atoms with Gasteiger partial charge in [0.2, 0.25) is 19.1 Å². The van der Waals surface area contributed by atoms with Gasteiger partial charge in [-0.3, -0.25) is 26.7 Å². The van der Waals surface area contributed by atoms with Crippen LogP contribution in [0.4, 0.5) is 26.3 Å². The van der Waals surface area contributed by atoms with E-state index in [1.165, 1.54) is 0 Å². The summed E-state index contributed by atoms with van der Waals surface area (Å²) in [6, 6.07) is 0. The fourth-order valence-electron chi connectivity index (χ4n) is 0.910. The van der Waals surface area contributed by atoms with Crippen molar-refractivity contribution in [1.82, 2.24) is 0 Å². The largest absolute Gasteiger partial charge is 0.482 e. The molecule has 0 aromatic carbocycles. The van der Waals surface area contributed by atoms with Gasteiger partial charge in [0.05, 0.1) is 20.0 Å². The first-order chi connectivity index (χ1) is 9.36. The van der Waals surface area contributed by atoms with E-state index in [1.807, 2.05) is 0 Å². The second-order valence-corrected chi connectivity index (χ2v) is 4.95. The van der Waals surface area contributed by atoms with Crippen LogP contribution in [0.3, 0.4) is 0 Å². The summed E-state index contributed by atoms with van der Waals surface area (Å²) in [5.74, 6) is 0. The zero-order valence-electron chi connectivity index (χ0n) is 10.3. The summed E-state index contributed by atoms with van der Waals surface area (Å²) < 4.78 is 98.2. The first-order valence-corrected chi connectivity index (χ1v) is 7.08. The normalized spacial score (nSPS) is 19.3. The predicted octanol–water partition coefficient (Wildman–Crippen LogP) is 4.11. The van der Waals surface area contributed by atoms with Crippen LogP contribution >= 0.6 is 7.82 Å². The first kappa shape index (κ1) is 19.7. The van der Waals surface area contributed by atoms with Crippen molar-refractivity contribution >= 4 is 7.82 Å². The molecule has 122 valence electrons. The van der Waals surface area contributed by atoms with Gasteiger partial charge in [0.15, 0.2) is 0 Å². The molecule has 0 aromatic rings. The molecule has 0 aromatic heterocycles. The van der Waals surface area contributed by atoms with E-state index in [-0.39, 0.29) is 0 Å². The highest BCUT2D eigenvalue weighted by atomic mass is 31.2. The number of alkyl halides is 6. The molecule has 0 aliphatic carbocycles. The minimum absolute atomic E-state index is 0.878. The summed E-state index contributed by atoms with van der Waals surface area (Å²) >= 11 is 0. The molecular weight excluding hydrogens is 317 g/mol. The topological polar surface area (TPSA) is 44.8 Å². The molecule has 0 aliphatic heterocycles. The van der Waals surface area contributed by atoms with Gasteiger partial charge in [-0.15, -0.1) is 0 Å². The number of hydrogen-bond donors (Lipinski definition) is 0. The molecule has 0 radical (unpaired) electrons. The average molecular weight is 332 g/mol. The molecule has 20 heavy (non-hydrogen) atoms. The van der Waals surface area contributed by atoms with E-state index in [1.54, 1.807) is 0 Å². The minimum Gasteiger partial charge on any atom is -0.251 e. The molecule has 0 fully saturated rings. The first-order valence-electron chi connectivity index (χ1n) is 5.62. The van der Waals surface area contributed by atoms with E-state index in [0.717, 1.165) is 0 Å². The van der Waals surface area contributed by atoms with Crippen LogP contribution in [0.15, 0.2) is 0 Å². The third-order valence-electron chi connectivity index (χ3n) is 1.74. The van der Waals surface area contributed by atoms with Gasteiger partial charge in [0, 0.05) is 19.3 Å². The van der Waals surface area contributed by atoms with Crippen LogP contribution in [0.5, 0.6) is 0 Å².